The zero-order valence-corrected chi connectivity index (χ0v) is 11.8. The van der Waals surface area contributed by atoms with Crippen molar-refractivity contribution in [3.63, 3.8) is 0 Å². The number of hydrogen-bond acceptors (Lipinski definition) is 0. The SMILES string of the molecule is Cc1ccc2c(F)c(C#Cc3ccc(F)c(F)c3)ccc2c1. The van der Waals surface area contributed by atoms with Crippen molar-refractivity contribution < 1.29 is 13.2 Å². The predicted octanol–water partition coefficient (Wildman–Crippen LogP) is 4.97. The lowest BCUT2D eigenvalue weighted by molar-refractivity contribution is 0.508. The molecule has 3 aromatic carbocycles. The van der Waals surface area contributed by atoms with Crippen LogP contribution in [0.3, 0.4) is 0 Å². The van der Waals surface area contributed by atoms with Gasteiger partial charge in [-0.2, -0.15) is 0 Å². The van der Waals surface area contributed by atoms with Gasteiger partial charge in [0.25, 0.3) is 0 Å². The summed E-state index contributed by atoms with van der Waals surface area (Å²) in [5.41, 5.74) is 1.57. The first-order valence-corrected chi connectivity index (χ1v) is 6.70. The van der Waals surface area contributed by atoms with E-state index in [4.69, 9.17) is 0 Å². The zero-order chi connectivity index (χ0) is 15.7. The first-order chi connectivity index (χ1) is 10.5. The highest BCUT2D eigenvalue weighted by Crippen LogP contribution is 2.22. The minimum absolute atomic E-state index is 0.223. The molecule has 0 unspecified atom stereocenters. The number of rotatable bonds is 0. The molecule has 0 saturated carbocycles. The molecule has 0 nitrogen and oxygen atoms in total. The van der Waals surface area contributed by atoms with Gasteiger partial charge in [0.05, 0.1) is 5.56 Å². The highest BCUT2D eigenvalue weighted by molar-refractivity contribution is 5.85. The fourth-order valence-corrected chi connectivity index (χ4v) is 2.22. The van der Waals surface area contributed by atoms with E-state index in [0.717, 1.165) is 23.1 Å². The lowest BCUT2D eigenvalue weighted by Crippen LogP contribution is -1.88. The van der Waals surface area contributed by atoms with Crippen LogP contribution in [0, 0.1) is 36.2 Å². The molecular weight excluding hydrogens is 285 g/mol. The van der Waals surface area contributed by atoms with Gasteiger partial charge in [0, 0.05) is 10.9 Å². The average Bonchev–Trinajstić information content (AvgIpc) is 2.50. The summed E-state index contributed by atoms with van der Waals surface area (Å²) in [6, 6.07) is 12.2. The molecule has 0 aliphatic rings. The van der Waals surface area contributed by atoms with E-state index in [0.29, 0.717) is 10.9 Å². The highest BCUT2D eigenvalue weighted by atomic mass is 19.2. The molecule has 0 radical (unpaired) electrons. The summed E-state index contributed by atoms with van der Waals surface area (Å²) in [4.78, 5) is 0. The fraction of sp³-hybridized carbons (Fsp3) is 0.0526. The van der Waals surface area contributed by atoms with Crippen LogP contribution in [0.2, 0.25) is 0 Å². The van der Waals surface area contributed by atoms with E-state index in [1.165, 1.54) is 6.07 Å². The minimum Gasteiger partial charge on any atom is -0.205 e. The molecule has 0 aliphatic heterocycles. The van der Waals surface area contributed by atoms with Crippen LogP contribution < -0.4 is 0 Å². The van der Waals surface area contributed by atoms with Gasteiger partial charge in [0.1, 0.15) is 5.82 Å². The van der Waals surface area contributed by atoms with E-state index in [1.54, 1.807) is 18.2 Å². The lowest BCUT2D eigenvalue weighted by Gasteiger charge is -2.03. The van der Waals surface area contributed by atoms with Gasteiger partial charge in [0.2, 0.25) is 0 Å². The van der Waals surface area contributed by atoms with Gasteiger partial charge in [-0.05, 0) is 36.6 Å². The molecule has 0 atom stereocenters. The fourth-order valence-electron chi connectivity index (χ4n) is 2.22. The third-order valence-corrected chi connectivity index (χ3v) is 3.37. The number of fused-ring (bicyclic) bond motifs is 1. The maximum Gasteiger partial charge on any atom is 0.160 e. The zero-order valence-electron chi connectivity index (χ0n) is 11.8. The molecule has 0 aromatic heterocycles. The maximum absolute atomic E-state index is 14.4. The predicted molar refractivity (Wildman–Crippen MR) is 81.0 cm³/mol. The van der Waals surface area contributed by atoms with Crippen molar-refractivity contribution in [1.82, 2.24) is 0 Å². The van der Waals surface area contributed by atoms with Gasteiger partial charge in [-0.1, -0.05) is 41.7 Å². The third kappa shape index (κ3) is 2.68. The monoisotopic (exact) mass is 296 g/mol. The number of halogens is 3. The van der Waals surface area contributed by atoms with Gasteiger partial charge >= 0.3 is 0 Å². The first-order valence-electron chi connectivity index (χ1n) is 6.70. The molecule has 0 aliphatic carbocycles. The molecule has 0 amide bonds. The highest BCUT2D eigenvalue weighted by Gasteiger charge is 2.06. The molecule has 0 saturated heterocycles. The Labute approximate surface area is 126 Å². The molecule has 3 rings (SSSR count). The van der Waals surface area contributed by atoms with Crippen LogP contribution in [0.1, 0.15) is 16.7 Å². The van der Waals surface area contributed by atoms with Crippen molar-refractivity contribution in [1.29, 1.82) is 0 Å². The van der Waals surface area contributed by atoms with Gasteiger partial charge in [0.15, 0.2) is 11.6 Å². The molecule has 0 spiro atoms. The average molecular weight is 296 g/mol. The summed E-state index contributed by atoms with van der Waals surface area (Å²) in [6.45, 7) is 1.94. The van der Waals surface area contributed by atoms with Crippen LogP contribution in [-0.4, -0.2) is 0 Å². The van der Waals surface area contributed by atoms with Gasteiger partial charge < -0.3 is 0 Å². The second kappa shape index (κ2) is 5.57. The number of aryl methyl sites for hydroxylation is 1. The van der Waals surface area contributed by atoms with E-state index in [2.05, 4.69) is 11.8 Å². The second-order valence-electron chi connectivity index (χ2n) is 5.03. The third-order valence-electron chi connectivity index (χ3n) is 3.37. The van der Waals surface area contributed by atoms with Crippen molar-refractivity contribution in [2.75, 3.05) is 0 Å². The molecule has 22 heavy (non-hydrogen) atoms. The summed E-state index contributed by atoms with van der Waals surface area (Å²) in [5.74, 6) is 3.00. The Morgan fingerprint density at radius 2 is 1.59 bits per heavy atom. The van der Waals surface area contributed by atoms with E-state index >= 15 is 0 Å². The smallest absolute Gasteiger partial charge is 0.160 e. The summed E-state index contributed by atoms with van der Waals surface area (Å²) in [5, 5.41) is 1.29. The molecular formula is C19H11F3. The topological polar surface area (TPSA) is 0 Å². The Bertz CT molecular complexity index is 931. The van der Waals surface area contributed by atoms with Crippen LogP contribution in [-0.2, 0) is 0 Å². The number of hydrogen-bond donors (Lipinski definition) is 0. The van der Waals surface area contributed by atoms with E-state index in [9.17, 15) is 13.2 Å². The Morgan fingerprint density at radius 1 is 0.773 bits per heavy atom. The molecule has 0 bridgehead atoms. The molecule has 0 heterocycles. The Hall–Kier alpha value is -2.73. The summed E-state index contributed by atoms with van der Waals surface area (Å²) in [6.07, 6.45) is 0. The van der Waals surface area contributed by atoms with E-state index in [1.807, 2.05) is 19.1 Å². The van der Waals surface area contributed by atoms with Crippen LogP contribution in [0.4, 0.5) is 13.2 Å². The van der Waals surface area contributed by atoms with Crippen LogP contribution in [0.15, 0.2) is 48.5 Å². The lowest BCUT2D eigenvalue weighted by atomic mass is 10.0. The standard InChI is InChI=1S/C19H11F3/c1-12-2-8-16-15(10-12)7-6-14(19(16)22)5-3-13-4-9-17(20)18(21)11-13/h2,4,6-11H,1H3. The normalized spacial score (nSPS) is 10.4. The number of benzene rings is 3. The van der Waals surface area contributed by atoms with Crippen molar-refractivity contribution in [3.05, 3.63) is 82.7 Å². The molecule has 108 valence electrons. The molecule has 3 aromatic rings. The largest absolute Gasteiger partial charge is 0.205 e. The van der Waals surface area contributed by atoms with Crippen LogP contribution >= 0.6 is 0 Å². The molecule has 0 N–H and O–H groups in total. The first kappa shape index (κ1) is 14.2. The Balaban J connectivity index is 2.04. The van der Waals surface area contributed by atoms with Gasteiger partial charge in [-0.3, -0.25) is 0 Å². The summed E-state index contributed by atoms with van der Waals surface area (Å²) in [7, 11) is 0. The Kier molecular flexibility index (Phi) is 3.60. The van der Waals surface area contributed by atoms with Gasteiger partial charge in [-0.25, -0.2) is 13.2 Å². The second-order valence-corrected chi connectivity index (χ2v) is 5.03. The molecule has 3 heteroatoms. The van der Waals surface area contributed by atoms with Crippen molar-refractivity contribution >= 4 is 10.8 Å². The van der Waals surface area contributed by atoms with E-state index in [-0.39, 0.29) is 5.56 Å². The van der Waals surface area contributed by atoms with Gasteiger partial charge in [-0.15, -0.1) is 0 Å². The van der Waals surface area contributed by atoms with Crippen molar-refractivity contribution in [3.8, 4) is 11.8 Å². The van der Waals surface area contributed by atoms with E-state index < -0.39 is 17.5 Å². The van der Waals surface area contributed by atoms with Crippen molar-refractivity contribution in [2.24, 2.45) is 0 Å². The quantitative estimate of drug-likeness (QED) is 0.514. The maximum atomic E-state index is 14.4. The van der Waals surface area contributed by atoms with Crippen molar-refractivity contribution in [2.45, 2.75) is 6.92 Å². The minimum atomic E-state index is -0.971. The summed E-state index contributed by atoms with van der Waals surface area (Å²) >= 11 is 0. The Morgan fingerprint density at radius 3 is 2.36 bits per heavy atom. The van der Waals surface area contributed by atoms with Crippen LogP contribution in [0.25, 0.3) is 10.8 Å². The molecule has 0 fully saturated rings. The van der Waals surface area contributed by atoms with Crippen LogP contribution in [0.5, 0.6) is 0 Å². The summed E-state index contributed by atoms with van der Waals surface area (Å²) < 4.78 is 40.4.